The second-order valence-corrected chi connectivity index (χ2v) is 7.80. The normalized spacial score (nSPS) is 16.4. The lowest BCUT2D eigenvalue weighted by molar-refractivity contribution is -0.140. The molecule has 0 saturated carbocycles. The number of alkyl halides is 3. The molecule has 1 aromatic carbocycles. The Morgan fingerprint density at radius 3 is 2.76 bits per heavy atom. The highest BCUT2D eigenvalue weighted by molar-refractivity contribution is 6.10. The van der Waals surface area contributed by atoms with Gasteiger partial charge in [-0.1, -0.05) is 0 Å². The van der Waals surface area contributed by atoms with Crippen LogP contribution >= 0.6 is 0 Å². The predicted molar refractivity (Wildman–Crippen MR) is 111 cm³/mol. The van der Waals surface area contributed by atoms with Gasteiger partial charge in [0.1, 0.15) is 12.1 Å². The number of rotatable bonds is 4. The smallest absolute Gasteiger partial charge is 0.378 e. The summed E-state index contributed by atoms with van der Waals surface area (Å²) in [5.41, 5.74) is 2.20. The Bertz CT molecular complexity index is 1240. The molecule has 172 valence electrons. The molecule has 0 radical (unpaired) electrons. The van der Waals surface area contributed by atoms with Crippen LogP contribution in [0.1, 0.15) is 26.3 Å². The van der Waals surface area contributed by atoms with Gasteiger partial charge in [0.05, 0.1) is 30.8 Å². The summed E-state index contributed by atoms with van der Waals surface area (Å²) in [5, 5.41) is 6.96. The van der Waals surface area contributed by atoms with E-state index in [2.05, 4.69) is 15.4 Å². The fourth-order valence-corrected chi connectivity index (χ4v) is 4.10. The molecule has 1 fully saturated rings. The molecule has 1 N–H and O–H groups in total. The number of anilines is 2. The van der Waals surface area contributed by atoms with Crippen molar-refractivity contribution in [1.29, 1.82) is 0 Å². The van der Waals surface area contributed by atoms with Crippen molar-refractivity contribution >= 4 is 28.8 Å². The van der Waals surface area contributed by atoms with Gasteiger partial charge in [-0.2, -0.15) is 18.3 Å². The number of amides is 2. The van der Waals surface area contributed by atoms with Crippen molar-refractivity contribution in [2.75, 3.05) is 43.1 Å². The minimum atomic E-state index is -4.50. The molecule has 3 aromatic rings. The first-order valence-corrected chi connectivity index (χ1v) is 10.3. The first-order chi connectivity index (χ1) is 15.8. The second-order valence-electron chi connectivity index (χ2n) is 7.80. The van der Waals surface area contributed by atoms with Gasteiger partial charge in [0.25, 0.3) is 11.8 Å². The van der Waals surface area contributed by atoms with E-state index < -0.39 is 24.5 Å². The maximum absolute atomic E-state index is 13.1. The Balaban J connectivity index is 1.50. The first kappa shape index (κ1) is 21.2. The minimum Gasteiger partial charge on any atom is -0.378 e. The minimum absolute atomic E-state index is 0.182. The van der Waals surface area contributed by atoms with Gasteiger partial charge in [-0.15, -0.1) is 0 Å². The summed E-state index contributed by atoms with van der Waals surface area (Å²) in [4.78, 5) is 32.6. The van der Waals surface area contributed by atoms with Crippen LogP contribution in [0.5, 0.6) is 0 Å². The van der Waals surface area contributed by atoms with Gasteiger partial charge >= 0.3 is 6.18 Å². The summed E-state index contributed by atoms with van der Waals surface area (Å²) in [7, 11) is 0. The number of aromatic nitrogens is 3. The summed E-state index contributed by atoms with van der Waals surface area (Å²) in [6.45, 7) is 0.426. The summed E-state index contributed by atoms with van der Waals surface area (Å²) >= 11 is 0. The van der Waals surface area contributed by atoms with E-state index in [-0.39, 0.29) is 17.7 Å². The number of ether oxygens (including phenoxy) is 1. The van der Waals surface area contributed by atoms with Gasteiger partial charge in [0.2, 0.25) is 0 Å². The quantitative estimate of drug-likeness (QED) is 0.643. The molecular weight excluding hydrogens is 441 g/mol. The number of carbonyl (C=O) groups excluding carboxylic acids is 2. The third kappa shape index (κ3) is 4.09. The highest BCUT2D eigenvalue weighted by Gasteiger charge is 2.38. The maximum atomic E-state index is 13.1. The number of nitrogens with zero attached hydrogens (tertiary/aromatic N) is 5. The molecule has 2 aliphatic heterocycles. The first-order valence-electron chi connectivity index (χ1n) is 10.3. The Labute approximate surface area is 185 Å². The number of hydrogen-bond donors (Lipinski definition) is 1. The topological polar surface area (TPSA) is 92.1 Å². The number of halogens is 3. The zero-order valence-electron chi connectivity index (χ0n) is 17.3. The van der Waals surface area contributed by atoms with Gasteiger partial charge in [0, 0.05) is 37.6 Å². The van der Waals surface area contributed by atoms with Crippen LogP contribution in [0, 0.1) is 0 Å². The largest absolute Gasteiger partial charge is 0.406 e. The highest BCUT2D eigenvalue weighted by Crippen LogP contribution is 2.36. The number of morpholine rings is 1. The lowest BCUT2D eigenvalue weighted by Crippen LogP contribution is -2.37. The average Bonchev–Trinajstić information content (AvgIpc) is 3.34. The van der Waals surface area contributed by atoms with Crippen molar-refractivity contribution in [2.45, 2.75) is 12.7 Å². The lowest BCUT2D eigenvalue weighted by Gasteiger charge is -2.31. The summed E-state index contributed by atoms with van der Waals surface area (Å²) in [6.07, 6.45) is 0.101. The van der Waals surface area contributed by atoms with Crippen molar-refractivity contribution in [3.63, 3.8) is 0 Å². The molecule has 2 aliphatic rings. The molecule has 0 spiro atoms. The van der Waals surface area contributed by atoms with Gasteiger partial charge in [-0.25, -0.2) is 9.50 Å². The van der Waals surface area contributed by atoms with Crippen molar-refractivity contribution in [1.82, 2.24) is 19.5 Å². The Kier molecular flexibility index (Phi) is 5.16. The Morgan fingerprint density at radius 1 is 1.21 bits per heavy atom. The van der Waals surface area contributed by atoms with Gasteiger partial charge in [-0.05, 0) is 23.8 Å². The number of carbonyl (C=O) groups is 2. The van der Waals surface area contributed by atoms with Crippen LogP contribution < -0.4 is 10.2 Å². The molecule has 0 aliphatic carbocycles. The molecule has 5 rings (SSSR count). The summed E-state index contributed by atoms with van der Waals surface area (Å²) in [6, 6.07) is 4.82. The van der Waals surface area contributed by atoms with Crippen LogP contribution in [-0.2, 0) is 11.3 Å². The molecule has 0 bridgehead atoms. The highest BCUT2D eigenvalue weighted by atomic mass is 19.4. The molecule has 1 saturated heterocycles. The van der Waals surface area contributed by atoms with Gasteiger partial charge in [-0.3, -0.25) is 9.59 Å². The van der Waals surface area contributed by atoms with Crippen molar-refractivity contribution in [2.24, 2.45) is 0 Å². The SMILES string of the molecule is O=C(Nc1cc2c(cc1N1CCOCC1)C(=O)N(CC(F)(F)F)C2)c1cnn2cccnc12. The van der Waals surface area contributed by atoms with E-state index >= 15 is 0 Å². The zero-order chi connectivity index (χ0) is 23.2. The van der Waals surface area contributed by atoms with Gasteiger partial charge < -0.3 is 19.9 Å². The fourth-order valence-electron chi connectivity index (χ4n) is 4.10. The van der Waals surface area contributed by atoms with E-state index in [1.54, 1.807) is 30.6 Å². The van der Waals surface area contributed by atoms with E-state index in [9.17, 15) is 22.8 Å². The Hall–Kier alpha value is -3.67. The zero-order valence-corrected chi connectivity index (χ0v) is 17.3. The molecule has 2 aromatic heterocycles. The van der Waals surface area contributed by atoms with E-state index in [4.69, 9.17) is 4.74 Å². The van der Waals surface area contributed by atoms with Crippen molar-refractivity contribution in [3.8, 4) is 0 Å². The molecule has 12 heteroatoms. The van der Waals surface area contributed by atoms with Crippen LogP contribution in [0.4, 0.5) is 24.5 Å². The van der Waals surface area contributed by atoms with E-state index in [0.29, 0.717) is 48.9 Å². The van der Waals surface area contributed by atoms with Crippen LogP contribution in [0.3, 0.4) is 0 Å². The molecule has 2 amide bonds. The third-order valence-electron chi connectivity index (χ3n) is 5.59. The lowest BCUT2D eigenvalue weighted by atomic mass is 10.1. The molecule has 9 nitrogen and oxygen atoms in total. The Morgan fingerprint density at radius 2 is 2.00 bits per heavy atom. The molecule has 0 atom stereocenters. The monoisotopic (exact) mass is 460 g/mol. The van der Waals surface area contributed by atoms with Crippen molar-refractivity contribution < 1.29 is 27.5 Å². The van der Waals surface area contributed by atoms with E-state index in [1.165, 1.54) is 10.7 Å². The standard InChI is InChI=1S/C21H19F3N6O3/c22-21(23,24)12-29-11-13-8-16(17(9-14(13)20(29)32)28-4-6-33-7-5-28)27-19(31)15-10-26-30-3-1-2-25-18(15)30/h1-3,8-10H,4-7,11-12H2,(H,27,31). The molecule has 0 unspecified atom stereocenters. The van der Waals surface area contributed by atoms with E-state index in [1.807, 2.05) is 4.90 Å². The number of fused-ring (bicyclic) bond motifs is 2. The second kappa shape index (κ2) is 8.03. The van der Waals surface area contributed by atoms with Crippen LogP contribution in [0.2, 0.25) is 0 Å². The average molecular weight is 460 g/mol. The summed E-state index contributed by atoms with van der Waals surface area (Å²) in [5.74, 6) is -1.14. The third-order valence-corrected chi connectivity index (χ3v) is 5.59. The van der Waals surface area contributed by atoms with Crippen LogP contribution in [0.25, 0.3) is 5.65 Å². The van der Waals surface area contributed by atoms with Gasteiger partial charge in [0.15, 0.2) is 5.65 Å². The van der Waals surface area contributed by atoms with E-state index in [0.717, 1.165) is 4.90 Å². The molecular formula is C21H19F3N6O3. The number of nitrogens with one attached hydrogen (secondary N) is 1. The van der Waals surface area contributed by atoms with Crippen molar-refractivity contribution in [3.05, 3.63) is 53.5 Å². The maximum Gasteiger partial charge on any atom is 0.406 e. The van der Waals surface area contributed by atoms with Crippen LogP contribution in [-0.4, -0.2) is 70.3 Å². The predicted octanol–water partition coefficient (Wildman–Crippen LogP) is 2.34. The fraction of sp³-hybridized carbons (Fsp3) is 0.333. The number of benzene rings is 1. The molecule has 33 heavy (non-hydrogen) atoms. The number of hydrogen-bond acceptors (Lipinski definition) is 6. The molecule has 4 heterocycles. The van der Waals surface area contributed by atoms with Crippen LogP contribution in [0.15, 0.2) is 36.8 Å². The summed E-state index contributed by atoms with van der Waals surface area (Å²) < 4.78 is 45.6.